The van der Waals surface area contributed by atoms with Crippen LogP contribution in [0.15, 0.2) is 42.5 Å². The number of rotatable bonds is 5. The lowest BCUT2D eigenvalue weighted by Crippen LogP contribution is -2.05. The van der Waals surface area contributed by atoms with E-state index in [2.05, 4.69) is 4.98 Å². The summed E-state index contributed by atoms with van der Waals surface area (Å²) in [6, 6.07) is 11.3. The summed E-state index contributed by atoms with van der Waals surface area (Å²) in [6.45, 7) is 1.03. The zero-order valence-corrected chi connectivity index (χ0v) is 12.5. The first kappa shape index (κ1) is 15.0. The lowest BCUT2D eigenvalue weighted by molar-refractivity contribution is -0.384. The monoisotopic (exact) mass is 313 g/mol. The molecule has 3 aromatic rings. The first-order chi connectivity index (χ1) is 11.1. The van der Waals surface area contributed by atoms with E-state index in [-0.39, 0.29) is 11.4 Å². The van der Waals surface area contributed by atoms with Crippen LogP contribution in [0.3, 0.4) is 0 Å². The van der Waals surface area contributed by atoms with E-state index in [0.29, 0.717) is 24.5 Å². The third-order valence-electron chi connectivity index (χ3n) is 3.57. The van der Waals surface area contributed by atoms with E-state index in [1.54, 1.807) is 31.4 Å². The standard InChI is InChI=1S/C16H15N3O4/c1-23-8-7-18-15-6-5-12(19(21)22)10-14(15)17-16(18)11-3-2-4-13(20)9-11/h2-6,9-10,20H,7-8H2,1H3. The second-order valence-electron chi connectivity index (χ2n) is 5.06. The minimum atomic E-state index is -0.443. The molecule has 0 bridgehead atoms. The number of imidazole rings is 1. The van der Waals surface area contributed by atoms with Crippen molar-refractivity contribution in [2.24, 2.45) is 0 Å². The van der Waals surface area contributed by atoms with Crippen LogP contribution >= 0.6 is 0 Å². The van der Waals surface area contributed by atoms with Gasteiger partial charge in [-0.2, -0.15) is 0 Å². The molecule has 0 radical (unpaired) electrons. The smallest absolute Gasteiger partial charge is 0.271 e. The fourth-order valence-electron chi connectivity index (χ4n) is 2.51. The first-order valence-electron chi connectivity index (χ1n) is 7.03. The molecule has 1 heterocycles. The van der Waals surface area contributed by atoms with Crippen LogP contribution in [0.5, 0.6) is 5.75 Å². The summed E-state index contributed by atoms with van der Waals surface area (Å²) in [7, 11) is 1.61. The Kier molecular flexibility index (Phi) is 3.94. The van der Waals surface area contributed by atoms with Crippen LogP contribution in [0.2, 0.25) is 0 Å². The van der Waals surface area contributed by atoms with Crippen molar-refractivity contribution in [1.29, 1.82) is 0 Å². The highest BCUT2D eigenvalue weighted by atomic mass is 16.6. The largest absolute Gasteiger partial charge is 0.508 e. The molecule has 0 saturated heterocycles. The maximum atomic E-state index is 10.9. The molecule has 2 aromatic carbocycles. The van der Waals surface area contributed by atoms with Gasteiger partial charge in [-0.3, -0.25) is 10.1 Å². The molecule has 23 heavy (non-hydrogen) atoms. The van der Waals surface area contributed by atoms with Gasteiger partial charge in [-0.15, -0.1) is 0 Å². The van der Waals surface area contributed by atoms with Crippen molar-refractivity contribution in [3.8, 4) is 17.1 Å². The average molecular weight is 313 g/mol. The number of methoxy groups -OCH3 is 1. The lowest BCUT2D eigenvalue weighted by atomic mass is 10.2. The van der Waals surface area contributed by atoms with Crippen molar-refractivity contribution in [2.45, 2.75) is 6.54 Å². The molecule has 0 fully saturated rings. The molecular weight excluding hydrogens is 298 g/mol. The van der Waals surface area contributed by atoms with Crippen molar-refractivity contribution in [3.63, 3.8) is 0 Å². The Hall–Kier alpha value is -2.93. The third kappa shape index (κ3) is 2.86. The Bertz CT molecular complexity index is 873. The predicted molar refractivity (Wildman–Crippen MR) is 85.4 cm³/mol. The Morgan fingerprint density at radius 1 is 1.30 bits per heavy atom. The first-order valence-corrected chi connectivity index (χ1v) is 7.03. The molecule has 0 aliphatic heterocycles. The number of hydrogen-bond donors (Lipinski definition) is 1. The maximum Gasteiger partial charge on any atom is 0.271 e. The molecule has 118 valence electrons. The van der Waals surface area contributed by atoms with Gasteiger partial charge in [-0.25, -0.2) is 4.98 Å². The number of benzene rings is 2. The fourth-order valence-corrected chi connectivity index (χ4v) is 2.51. The topological polar surface area (TPSA) is 90.4 Å². The number of aromatic hydroxyl groups is 1. The van der Waals surface area contributed by atoms with Gasteiger partial charge in [0.2, 0.25) is 0 Å². The molecule has 7 heteroatoms. The third-order valence-corrected chi connectivity index (χ3v) is 3.57. The number of non-ortho nitro benzene ring substituents is 1. The molecule has 0 spiro atoms. The van der Waals surface area contributed by atoms with E-state index in [1.807, 2.05) is 10.6 Å². The van der Waals surface area contributed by atoms with E-state index in [1.165, 1.54) is 12.1 Å². The summed E-state index contributed by atoms with van der Waals surface area (Å²) < 4.78 is 7.06. The quantitative estimate of drug-likeness (QED) is 0.577. The summed E-state index contributed by atoms with van der Waals surface area (Å²) in [6.07, 6.45) is 0. The zero-order chi connectivity index (χ0) is 16.4. The van der Waals surface area contributed by atoms with Crippen LogP contribution in [-0.4, -0.2) is 33.3 Å². The van der Waals surface area contributed by atoms with Crippen molar-refractivity contribution >= 4 is 16.7 Å². The fraction of sp³-hybridized carbons (Fsp3) is 0.188. The molecule has 0 aliphatic carbocycles. The van der Waals surface area contributed by atoms with Gasteiger partial charge in [0.15, 0.2) is 0 Å². The van der Waals surface area contributed by atoms with E-state index in [4.69, 9.17) is 4.74 Å². The van der Waals surface area contributed by atoms with Crippen LogP contribution in [0.4, 0.5) is 5.69 Å². The number of nitrogens with zero attached hydrogens (tertiary/aromatic N) is 3. The number of nitro groups is 1. The second kappa shape index (κ2) is 6.05. The molecule has 0 amide bonds. The van der Waals surface area contributed by atoms with Gasteiger partial charge in [-0.05, 0) is 18.2 Å². The van der Waals surface area contributed by atoms with Crippen LogP contribution in [-0.2, 0) is 11.3 Å². The van der Waals surface area contributed by atoms with Gasteiger partial charge >= 0.3 is 0 Å². The molecule has 0 atom stereocenters. The Balaban J connectivity index is 2.20. The number of nitro benzene ring substituents is 1. The van der Waals surface area contributed by atoms with Crippen LogP contribution in [0.1, 0.15) is 0 Å². The highest BCUT2D eigenvalue weighted by molar-refractivity contribution is 5.82. The Morgan fingerprint density at radius 2 is 2.13 bits per heavy atom. The number of phenolic OH excluding ortho intramolecular Hbond substituents is 1. The minimum absolute atomic E-state index is 0.00338. The van der Waals surface area contributed by atoms with Crippen LogP contribution in [0, 0.1) is 10.1 Å². The molecule has 0 unspecified atom stereocenters. The van der Waals surface area contributed by atoms with Gasteiger partial charge in [0.05, 0.1) is 22.6 Å². The highest BCUT2D eigenvalue weighted by Crippen LogP contribution is 2.29. The summed E-state index contributed by atoms with van der Waals surface area (Å²) in [4.78, 5) is 15.0. The van der Waals surface area contributed by atoms with Crippen molar-refractivity contribution in [1.82, 2.24) is 9.55 Å². The Labute approximate surface area is 131 Å². The number of phenols is 1. The summed E-state index contributed by atoms with van der Waals surface area (Å²) in [5, 5.41) is 20.6. The minimum Gasteiger partial charge on any atom is -0.508 e. The van der Waals surface area contributed by atoms with E-state index in [0.717, 1.165) is 11.1 Å². The maximum absolute atomic E-state index is 10.9. The molecular formula is C16H15N3O4. The molecule has 0 aliphatic rings. The van der Waals surface area contributed by atoms with Crippen molar-refractivity contribution in [3.05, 3.63) is 52.6 Å². The number of ether oxygens (including phenoxy) is 1. The van der Waals surface area contributed by atoms with Gasteiger partial charge < -0.3 is 14.4 Å². The average Bonchev–Trinajstić information content (AvgIpc) is 2.90. The summed E-state index contributed by atoms with van der Waals surface area (Å²) >= 11 is 0. The normalized spacial score (nSPS) is 11.0. The summed E-state index contributed by atoms with van der Waals surface area (Å²) in [5.41, 5.74) is 2.05. The predicted octanol–water partition coefficient (Wildman–Crippen LogP) is 2.96. The molecule has 1 N–H and O–H groups in total. The van der Waals surface area contributed by atoms with E-state index in [9.17, 15) is 15.2 Å². The van der Waals surface area contributed by atoms with Crippen LogP contribution in [0.25, 0.3) is 22.4 Å². The second-order valence-corrected chi connectivity index (χ2v) is 5.06. The molecule has 1 aromatic heterocycles. The molecule has 0 saturated carbocycles. The van der Waals surface area contributed by atoms with E-state index < -0.39 is 4.92 Å². The molecule has 7 nitrogen and oxygen atoms in total. The lowest BCUT2D eigenvalue weighted by Gasteiger charge is -2.09. The van der Waals surface area contributed by atoms with Crippen molar-refractivity contribution in [2.75, 3.05) is 13.7 Å². The number of aromatic nitrogens is 2. The van der Waals surface area contributed by atoms with Crippen molar-refractivity contribution < 1.29 is 14.8 Å². The number of fused-ring (bicyclic) bond motifs is 1. The van der Waals surface area contributed by atoms with Gasteiger partial charge in [0, 0.05) is 31.4 Å². The zero-order valence-electron chi connectivity index (χ0n) is 12.5. The SMILES string of the molecule is COCCn1c(-c2cccc(O)c2)nc2cc([N+](=O)[O-])ccc21. The van der Waals surface area contributed by atoms with E-state index >= 15 is 0 Å². The number of hydrogen-bond acceptors (Lipinski definition) is 5. The summed E-state index contributed by atoms with van der Waals surface area (Å²) in [5.74, 6) is 0.771. The highest BCUT2D eigenvalue weighted by Gasteiger charge is 2.16. The van der Waals surface area contributed by atoms with Gasteiger partial charge in [-0.1, -0.05) is 12.1 Å². The molecule has 3 rings (SSSR count). The Morgan fingerprint density at radius 3 is 2.83 bits per heavy atom. The van der Waals surface area contributed by atoms with Gasteiger partial charge in [0.25, 0.3) is 5.69 Å². The van der Waals surface area contributed by atoms with Gasteiger partial charge in [0.1, 0.15) is 11.6 Å². The van der Waals surface area contributed by atoms with Crippen LogP contribution < -0.4 is 0 Å².